The van der Waals surface area contributed by atoms with E-state index in [1.54, 1.807) is 12.1 Å². The monoisotopic (exact) mass is 594 g/mol. The summed E-state index contributed by atoms with van der Waals surface area (Å²) in [4.78, 5) is 12.6. The Balaban J connectivity index is 1.35. The first-order chi connectivity index (χ1) is 15.8. The number of hydrogen-bond donors (Lipinski definition) is 2. The van der Waals surface area contributed by atoms with E-state index in [4.69, 9.17) is 4.74 Å². The number of carbonyl (C=O) groups is 1. The molecule has 1 fully saturated rings. The number of anilines is 1. The molecule has 0 saturated heterocycles. The Morgan fingerprint density at radius 3 is 2.42 bits per heavy atom. The first-order valence-electron chi connectivity index (χ1n) is 10.7. The van der Waals surface area contributed by atoms with E-state index < -0.39 is 10.0 Å². The maximum Gasteiger partial charge on any atom is 0.262 e. The quantitative estimate of drug-likeness (QED) is 0.351. The molecule has 1 aliphatic rings. The molecule has 0 aromatic heterocycles. The molecule has 2 N–H and O–H groups in total. The third kappa shape index (κ3) is 6.15. The standard InChI is InChI=1S/C24H24Br2N2O4S/c25-17-7-12-21-16(14-17)6-13-22(24(21)26)32-15-23(29)27-18-8-10-20(11-9-18)33(30,31)28-19-4-2-1-3-5-19/h6-14,19,28H,1-5,15H2,(H,27,29). The lowest BCUT2D eigenvalue weighted by molar-refractivity contribution is -0.118. The largest absolute Gasteiger partial charge is 0.483 e. The number of nitrogens with one attached hydrogen (secondary N) is 2. The van der Waals surface area contributed by atoms with Crippen LogP contribution in [0.15, 0.2) is 68.4 Å². The summed E-state index contributed by atoms with van der Waals surface area (Å²) in [6.07, 6.45) is 5.00. The zero-order valence-electron chi connectivity index (χ0n) is 17.8. The van der Waals surface area contributed by atoms with Crippen molar-refractivity contribution in [3.63, 3.8) is 0 Å². The number of halogens is 2. The first-order valence-corrected chi connectivity index (χ1v) is 13.8. The van der Waals surface area contributed by atoms with Crippen molar-refractivity contribution in [2.24, 2.45) is 0 Å². The van der Waals surface area contributed by atoms with Gasteiger partial charge in [0.15, 0.2) is 6.61 Å². The third-order valence-corrected chi connectivity index (χ3v) is 8.46. The van der Waals surface area contributed by atoms with E-state index >= 15 is 0 Å². The Morgan fingerprint density at radius 1 is 0.970 bits per heavy atom. The van der Waals surface area contributed by atoms with Crippen molar-refractivity contribution in [2.45, 2.75) is 43.0 Å². The molecular formula is C24H24Br2N2O4S. The van der Waals surface area contributed by atoms with Crippen LogP contribution in [0.1, 0.15) is 32.1 Å². The Labute approximate surface area is 210 Å². The Kier molecular flexibility index (Phi) is 7.73. The van der Waals surface area contributed by atoms with Gasteiger partial charge in [0.25, 0.3) is 5.91 Å². The fourth-order valence-corrected chi connectivity index (χ4v) is 6.21. The van der Waals surface area contributed by atoms with Crippen LogP contribution in [0.4, 0.5) is 5.69 Å². The first kappa shape index (κ1) is 24.2. The molecule has 3 aromatic carbocycles. The fraction of sp³-hybridized carbons (Fsp3) is 0.292. The van der Waals surface area contributed by atoms with Gasteiger partial charge in [0.2, 0.25) is 10.0 Å². The zero-order valence-corrected chi connectivity index (χ0v) is 21.8. The molecule has 6 nitrogen and oxygen atoms in total. The number of fused-ring (bicyclic) bond motifs is 1. The van der Waals surface area contributed by atoms with Crippen LogP contribution in [0.3, 0.4) is 0 Å². The van der Waals surface area contributed by atoms with Gasteiger partial charge < -0.3 is 10.1 Å². The average Bonchev–Trinajstić information content (AvgIpc) is 2.79. The Bertz CT molecular complexity index is 1260. The molecule has 0 bridgehead atoms. The second kappa shape index (κ2) is 10.5. The van der Waals surface area contributed by atoms with Gasteiger partial charge in [-0.1, -0.05) is 47.3 Å². The summed E-state index contributed by atoms with van der Waals surface area (Å²) in [5.41, 5.74) is 0.502. The second-order valence-corrected chi connectivity index (χ2v) is 11.5. The van der Waals surface area contributed by atoms with E-state index in [9.17, 15) is 13.2 Å². The molecule has 1 saturated carbocycles. The topological polar surface area (TPSA) is 84.5 Å². The highest BCUT2D eigenvalue weighted by Crippen LogP contribution is 2.34. The number of rotatable bonds is 7. The molecule has 33 heavy (non-hydrogen) atoms. The van der Waals surface area contributed by atoms with Crippen LogP contribution in [0.2, 0.25) is 0 Å². The van der Waals surface area contributed by atoms with Crippen LogP contribution in [0.5, 0.6) is 5.75 Å². The molecule has 0 aliphatic heterocycles. The summed E-state index contributed by atoms with van der Waals surface area (Å²) >= 11 is 7.01. The van der Waals surface area contributed by atoms with Crippen molar-refractivity contribution in [3.8, 4) is 5.75 Å². The van der Waals surface area contributed by atoms with E-state index in [0.29, 0.717) is 11.4 Å². The van der Waals surface area contributed by atoms with Crippen molar-refractivity contribution in [1.29, 1.82) is 0 Å². The minimum Gasteiger partial charge on any atom is -0.483 e. The Morgan fingerprint density at radius 2 is 1.70 bits per heavy atom. The van der Waals surface area contributed by atoms with E-state index in [2.05, 4.69) is 41.9 Å². The SMILES string of the molecule is O=C(COc1ccc2cc(Br)ccc2c1Br)Nc1ccc(S(=O)(=O)NC2CCCCC2)cc1. The predicted octanol–water partition coefficient (Wildman–Crippen LogP) is 5.99. The van der Waals surface area contributed by atoms with Gasteiger partial charge in [0.05, 0.1) is 9.37 Å². The lowest BCUT2D eigenvalue weighted by atomic mass is 9.96. The van der Waals surface area contributed by atoms with Crippen molar-refractivity contribution >= 4 is 64.3 Å². The van der Waals surface area contributed by atoms with Gasteiger partial charge in [0, 0.05) is 16.2 Å². The third-order valence-electron chi connectivity index (χ3n) is 5.61. The van der Waals surface area contributed by atoms with Crippen molar-refractivity contribution in [3.05, 3.63) is 63.5 Å². The number of ether oxygens (including phenoxy) is 1. The lowest BCUT2D eigenvalue weighted by Crippen LogP contribution is -2.36. The van der Waals surface area contributed by atoms with E-state index in [1.807, 2.05) is 30.3 Å². The molecule has 0 atom stereocenters. The van der Waals surface area contributed by atoms with E-state index in [-0.39, 0.29) is 23.5 Å². The lowest BCUT2D eigenvalue weighted by Gasteiger charge is -2.22. The summed E-state index contributed by atoms with van der Waals surface area (Å²) in [6.45, 7) is -0.177. The van der Waals surface area contributed by atoms with Gasteiger partial charge in [-0.05, 0) is 82.0 Å². The number of carbonyl (C=O) groups excluding carboxylic acids is 1. The van der Waals surface area contributed by atoms with Crippen LogP contribution in [0.25, 0.3) is 10.8 Å². The van der Waals surface area contributed by atoms with Gasteiger partial charge in [-0.3, -0.25) is 4.79 Å². The van der Waals surface area contributed by atoms with E-state index in [1.165, 1.54) is 12.1 Å². The van der Waals surface area contributed by atoms with Gasteiger partial charge in [-0.15, -0.1) is 0 Å². The van der Waals surface area contributed by atoms with Crippen LogP contribution in [-0.2, 0) is 14.8 Å². The minimum atomic E-state index is -3.57. The zero-order chi connectivity index (χ0) is 23.4. The summed E-state index contributed by atoms with van der Waals surface area (Å²) in [5.74, 6) is 0.226. The molecule has 1 aliphatic carbocycles. The molecule has 174 valence electrons. The average molecular weight is 596 g/mol. The van der Waals surface area contributed by atoms with Crippen LogP contribution in [-0.4, -0.2) is 27.0 Å². The Hall–Kier alpha value is -1.94. The highest BCUT2D eigenvalue weighted by Gasteiger charge is 2.21. The van der Waals surface area contributed by atoms with Crippen LogP contribution >= 0.6 is 31.9 Å². The second-order valence-electron chi connectivity index (χ2n) is 8.06. The number of sulfonamides is 1. The molecular weight excluding hydrogens is 572 g/mol. The normalized spacial score (nSPS) is 14.8. The van der Waals surface area contributed by atoms with Crippen molar-refractivity contribution in [2.75, 3.05) is 11.9 Å². The number of hydrogen-bond acceptors (Lipinski definition) is 4. The summed E-state index contributed by atoms with van der Waals surface area (Å²) < 4.78 is 35.5. The molecule has 4 rings (SSSR count). The van der Waals surface area contributed by atoms with Gasteiger partial charge in [-0.25, -0.2) is 13.1 Å². The van der Waals surface area contributed by atoms with E-state index in [0.717, 1.165) is 51.8 Å². The molecule has 3 aromatic rings. The van der Waals surface area contributed by atoms with Gasteiger partial charge >= 0.3 is 0 Å². The maximum absolute atomic E-state index is 12.6. The van der Waals surface area contributed by atoms with Gasteiger partial charge in [0.1, 0.15) is 5.75 Å². The fourth-order valence-electron chi connectivity index (χ4n) is 3.92. The molecule has 9 heteroatoms. The molecule has 0 spiro atoms. The van der Waals surface area contributed by atoms with Crippen LogP contribution < -0.4 is 14.8 Å². The number of benzene rings is 3. The summed E-state index contributed by atoms with van der Waals surface area (Å²) in [5, 5.41) is 4.76. The van der Waals surface area contributed by atoms with Crippen LogP contribution in [0, 0.1) is 0 Å². The number of amides is 1. The smallest absolute Gasteiger partial charge is 0.262 e. The minimum absolute atomic E-state index is 0.00349. The summed E-state index contributed by atoms with van der Waals surface area (Å²) in [7, 11) is -3.57. The maximum atomic E-state index is 12.6. The highest BCUT2D eigenvalue weighted by molar-refractivity contribution is 9.11. The molecule has 0 radical (unpaired) electrons. The van der Waals surface area contributed by atoms with Gasteiger partial charge in [-0.2, -0.15) is 0 Å². The molecule has 0 unspecified atom stereocenters. The van der Waals surface area contributed by atoms with Crippen molar-refractivity contribution in [1.82, 2.24) is 4.72 Å². The van der Waals surface area contributed by atoms with Crippen molar-refractivity contribution < 1.29 is 17.9 Å². The highest BCUT2D eigenvalue weighted by atomic mass is 79.9. The molecule has 1 amide bonds. The molecule has 0 heterocycles. The predicted molar refractivity (Wildman–Crippen MR) is 137 cm³/mol. The summed E-state index contributed by atoms with van der Waals surface area (Å²) in [6, 6.07) is 15.8.